The summed E-state index contributed by atoms with van der Waals surface area (Å²) in [6.45, 7) is 4.42. The molecule has 3 saturated carbocycles. The number of aliphatic hydroxyl groups is 2. The second-order valence-corrected chi connectivity index (χ2v) is 8.74. The molecule has 3 fully saturated rings. The van der Waals surface area contributed by atoms with Crippen molar-refractivity contribution in [2.24, 2.45) is 22.7 Å². The molecule has 22 heavy (non-hydrogen) atoms. The van der Waals surface area contributed by atoms with E-state index < -0.39 is 5.60 Å². The molecule has 122 valence electrons. The number of ketones is 1. The van der Waals surface area contributed by atoms with Gasteiger partial charge < -0.3 is 10.2 Å². The van der Waals surface area contributed by atoms with Crippen molar-refractivity contribution in [3.05, 3.63) is 11.6 Å². The van der Waals surface area contributed by atoms with Gasteiger partial charge in [0.25, 0.3) is 0 Å². The molecular weight excluding hydrogens is 276 g/mol. The van der Waals surface area contributed by atoms with Crippen LogP contribution in [0, 0.1) is 22.7 Å². The van der Waals surface area contributed by atoms with E-state index in [1.165, 1.54) is 5.57 Å². The van der Waals surface area contributed by atoms with E-state index in [0.717, 1.165) is 44.9 Å². The van der Waals surface area contributed by atoms with E-state index in [-0.39, 0.29) is 28.6 Å². The normalized spacial score (nSPS) is 54.3. The zero-order valence-corrected chi connectivity index (χ0v) is 13.8. The van der Waals surface area contributed by atoms with Crippen molar-refractivity contribution in [3.63, 3.8) is 0 Å². The van der Waals surface area contributed by atoms with Crippen LogP contribution in [-0.2, 0) is 4.79 Å². The van der Waals surface area contributed by atoms with E-state index in [2.05, 4.69) is 13.8 Å². The Kier molecular flexibility index (Phi) is 3.01. The number of rotatable bonds is 0. The van der Waals surface area contributed by atoms with Gasteiger partial charge in [0.05, 0.1) is 11.7 Å². The van der Waals surface area contributed by atoms with Crippen LogP contribution in [0.2, 0.25) is 0 Å². The molecule has 3 nitrogen and oxygen atoms in total. The summed E-state index contributed by atoms with van der Waals surface area (Å²) in [6.07, 6.45) is 8.48. The number of fused-ring (bicyclic) bond motifs is 5. The van der Waals surface area contributed by atoms with Crippen LogP contribution >= 0.6 is 0 Å². The maximum atomic E-state index is 11.8. The van der Waals surface area contributed by atoms with Crippen molar-refractivity contribution >= 4 is 5.78 Å². The third-order valence-electron chi connectivity index (χ3n) is 8.10. The molecule has 2 N–H and O–H groups in total. The number of carbonyl (C=O) groups is 1. The van der Waals surface area contributed by atoms with Crippen molar-refractivity contribution in [3.8, 4) is 0 Å². The van der Waals surface area contributed by atoms with Gasteiger partial charge in [0.1, 0.15) is 0 Å². The molecule has 0 heterocycles. The van der Waals surface area contributed by atoms with Crippen LogP contribution in [-0.4, -0.2) is 27.7 Å². The quantitative estimate of drug-likeness (QED) is 0.723. The third-order valence-corrected chi connectivity index (χ3v) is 8.10. The van der Waals surface area contributed by atoms with Gasteiger partial charge in [-0.15, -0.1) is 0 Å². The van der Waals surface area contributed by atoms with Crippen LogP contribution in [0.1, 0.15) is 65.2 Å². The minimum Gasteiger partial charge on any atom is -0.393 e. The largest absolute Gasteiger partial charge is 0.393 e. The molecule has 0 aliphatic heterocycles. The summed E-state index contributed by atoms with van der Waals surface area (Å²) >= 11 is 0. The Morgan fingerprint density at radius 1 is 1.05 bits per heavy atom. The summed E-state index contributed by atoms with van der Waals surface area (Å²) in [7, 11) is 0. The first-order valence-corrected chi connectivity index (χ1v) is 8.96. The Morgan fingerprint density at radius 3 is 2.59 bits per heavy atom. The van der Waals surface area contributed by atoms with E-state index >= 15 is 0 Å². The summed E-state index contributed by atoms with van der Waals surface area (Å²) in [6, 6.07) is 0. The van der Waals surface area contributed by atoms with Gasteiger partial charge in [0.15, 0.2) is 5.78 Å². The first-order valence-electron chi connectivity index (χ1n) is 8.96. The lowest BCUT2D eigenvalue weighted by molar-refractivity contribution is -0.196. The highest BCUT2D eigenvalue weighted by Gasteiger charge is 2.65. The Bertz CT molecular complexity index is 553. The zero-order chi connectivity index (χ0) is 15.8. The van der Waals surface area contributed by atoms with Crippen molar-refractivity contribution in [2.45, 2.75) is 76.9 Å². The van der Waals surface area contributed by atoms with Crippen LogP contribution in [0.3, 0.4) is 0 Å². The van der Waals surface area contributed by atoms with Crippen molar-refractivity contribution in [1.82, 2.24) is 0 Å². The number of carbonyl (C=O) groups excluding carboxylic acids is 1. The van der Waals surface area contributed by atoms with Crippen LogP contribution in [0.15, 0.2) is 11.6 Å². The smallest absolute Gasteiger partial charge is 0.155 e. The molecule has 0 aromatic heterocycles. The van der Waals surface area contributed by atoms with Gasteiger partial charge in [-0.05, 0) is 68.3 Å². The zero-order valence-electron chi connectivity index (χ0n) is 13.8. The summed E-state index contributed by atoms with van der Waals surface area (Å²) in [5, 5.41) is 22.2. The molecular formula is C19H28O3. The lowest BCUT2D eigenvalue weighted by Gasteiger charge is -2.62. The topological polar surface area (TPSA) is 57.5 Å². The minimum atomic E-state index is -0.688. The lowest BCUT2D eigenvalue weighted by Crippen LogP contribution is -2.63. The predicted molar refractivity (Wildman–Crippen MR) is 84.2 cm³/mol. The fourth-order valence-corrected chi connectivity index (χ4v) is 6.47. The molecule has 4 aliphatic carbocycles. The van der Waals surface area contributed by atoms with Gasteiger partial charge in [-0.3, -0.25) is 4.79 Å². The molecule has 0 spiro atoms. The van der Waals surface area contributed by atoms with Crippen LogP contribution in [0.4, 0.5) is 0 Å². The molecule has 3 heteroatoms. The van der Waals surface area contributed by atoms with E-state index in [9.17, 15) is 15.0 Å². The SMILES string of the molecule is C[C@]12CCC3(O)[C@@H](CCC4=CC(=O)CC[C@@]43C)[C@@H]1CC[C@@H]2O. The first-order chi connectivity index (χ1) is 10.3. The van der Waals surface area contributed by atoms with Crippen molar-refractivity contribution in [1.29, 1.82) is 0 Å². The maximum absolute atomic E-state index is 11.8. The van der Waals surface area contributed by atoms with E-state index in [1.807, 2.05) is 6.08 Å². The fraction of sp³-hybridized carbons (Fsp3) is 0.842. The summed E-state index contributed by atoms with van der Waals surface area (Å²) in [5.41, 5.74) is 0.244. The first kappa shape index (κ1) is 14.9. The monoisotopic (exact) mass is 304 g/mol. The Morgan fingerprint density at radius 2 is 1.82 bits per heavy atom. The molecule has 1 unspecified atom stereocenters. The maximum Gasteiger partial charge on any atom is 0.155 e. The second-order valence-electron chi connectivity index (χ2n) is 8.74. The van der Waals surface area contributed by atoms with E-state index in [0.29, 0.717) is 12.3 Å². The Balaban J connectivity index is 1.76. The van der Waals surface area contributed by atoms with Gasteiger partial charge in [-0.1, -0.05) is 19.4 Å². The standard InChI is InChI=1S/C19H28O3/c1-17-9-10-19(22)15(14(17)5-6-16(17)21)4-3-12-11-13(20)7-8-18(12,19)2/h11,14-16,21-22H,3-10H2,1-2H3/t14-,15-,16-,17-,18-,19?/m0/s1. The van der Waals surface area contributed by atoms with Crippen LogP contribution in [0.25, 0.3) is 0 Å². The predicted octanol–water partition coefficient (Wildman–Crippen LogP) is 2.99. The Labute approximate surface area is 132 Å². The minimum absolute atomic E-state index is 0.0149. The molecule has 0 aromatic carbocycles. The number of hydrogen-bond acceptors (Lipinski definition) is 3. The van der Waals surface area contributed by atoms with Gasteiger partial charge in [-0.25, -0.2) is 0 Å². The van der Waals surface area contributed by atoms with Gasteiger partial charge in [0, 0.05) is 11.8 Å². The molecule has 4 rings (SSSR count). The van der Waals surface area contributed by atoms with Gasteiger partial charge in [-0.2, -0.15) is 0 Å². The third kappa shape index (κ3) is 1.62. The summed E-state index contributed by atoms with van der Waals surface area (Å²) < 4.78 is 0. The number of aliphatic hydroxyl groups excluding tert-OH is 1. The van der Waals surface area contributed by atoms with Crippen molar-refractivity contribution < 1.29 is 15.0 Å². The summed E-state index contributed by atoms with van der Waals surface area (Å²) in [4.78, 5) is 11.8. The van der Waals surface area contributed by atoms with Crippen LogP contribution < -0.4 is 0 Å². The molecule has 0 aromatic rings. The molecule has 0 saturated heterocycles. The van der Waals surface area contributed by atoms with Crippen molar-refractivity contribution in [2.75, 3.05) is 0 Å². The Hall–Kier alpha value is -0.670. The fourth-order valence-electron chi connectivity index (χ4n) is 6.47. The molecule has 0 amide bonds. The summed E-state index contributed by atoms with van der Waals surface area (Å²) in [5.74, 6) is 0.933. The molecule has 0 radical (unpaired) electrons. The number of hydrogen-bond donors (Lipinski definition) is 2. The van der Waals surface area contributed by atoms with E-state index in [1.54, 1.807) is 0 Å². The van der Waals surface area contributed by atoms with E-state index in [4.69, 9.17) is 0 Å². The highest BCUT2D eigenvalue weighted by atomic mass is 16.3. The average molecular weight is 304 g/mol. The lowest BCUT2D eigenvalue weighted by atomic mass is 9.45. The van der Waals surface area contributed by atoms with Gasteiger partial charge in [0.2, 0.25) is 0 Å². The molecule has 4 aliphatic rings. The highest BCUT2D eigenvalue weighted by molar-refractivity contribution is 5.91. The highest BCUT2D eigenvalue weighted by Crippen LogP contribution is 2.66. The molecule has 0 bridgehead atoms. The second kappa shape index (κ2) is 4.45. The average Bonchev–Trinajstić information content (AvgIpc) is 2.77. The van der Waals surface area contributed by atoms with Gasteiger partial charge >= 0.3 is 0 Å². The molecule has 6 atom stereocenters. The van der Waals surface area contributed by atoms with Crippen LogP contribution in [0.5, 0.6) is 0 Å².